The van der Waals surface area contributed by atoms with Crippen LogP contribution in [0.2, 0.25) is 0 Å². The molecule has 1 aromatic heterocycles. The number of hydrogen-bond acceptors (Lipinski definition) is 7. The van der Waals surface area contributed by atoms with Gasteiger partial charge in [0.15, 0.2) is 9.84 Å². The molecule has 22 heavy (non-hydrogen) atoms. The Bertz CT molecular complexity index is 758. The molecule has 0 saturated carbocycles. The van der Waals surface area contributed by atoms with Crippen LogP contribution in [0.25, 0.3) is 0 Å². The number of nitro benzene ring substituents is 1. The summed E-state index contributed by atoms with van der Waals surface area (Å²) in [4.78, 5) is 14.6. The number of benzene rings is 1. The fraction of sp³-hybridized carbons (Fsp3) is 0.308. The third-order valence-corrected chi connectivity index (χ3v) is 4.91. The summed E-state index contributed by atoms with van der Waals surface area (Å²) in [6, 6.07) is 3.88. The van der Waals surface area contributed by atoms with E-state index < -0.39 is 14.8 Å². The first kappa shape index (κ1) is 16.4. The number of aryl methyl sites for hydroxylation is 1. The van der Waals surface area contributed by atoms with Gasteiger partial charge in [0.05, 0.1) is 14.8 Å². The van der Waals surface area contributed by atoms with Crippen LogP contribution in [0.1, 0.15) is 11.4 Å². The summed E-state index contributed by atoms with van der Waals surface area (Å²) < 4.78 is 22.9. The number of hydrogen-bond donors (Lipinski definition) is 1. The van der Waals surface area contributed by atoms with Crippen LogP contribution >= 0.6 is 11.3 Å². The molecule has 1 N–H and O–H groups in total. The van der Waals surface area contributed by atoms with Gasteiger partial charge in [0.2, 0.25) is 0 Å². The molecule has 0 unspecified atom stereocenters. The van der Waals surface area contributed by atoms with Crippen molar-refractivity contribution in [2.75, 3.05) is 18.1 Å². The second-order valence-corrected chi connectivity index (χ2v) is 7.66. The van der Waals surface area contributed by atoms with Gasteiger partial charge in [-0.15, -0.1) is 11.3 Å². The van der Waals surface area contributed by atoms with Crippen LogP contribution in [0.15, 0.2) is 34.7 Å². The maximum Gasteiger partial charge on any atom is 0.293 e. The Hall–Kier alpha value is -2.00. The first-order valence-electron chi connectivity index (χ1n) is 6.48. The molecule has 0 spiro atoms. The normalized spacial score (nSPS) is 11.3. The number of nitrogens with zero attached hydrogens (tertiary/aromatic N) is 2. The quantitative estimate of drug-likeness (QED) is 0.471. The number of thiazole rings is 1. The number of nitro groups is 1. The highest BCUT2D eigenvalue weighted by molar-refractivity contribution is 7.90. The molecule has 1 aromatic carbocycles. The highest BCUT2D eigenvalue weighted by Gasteiger charge is 2.18. The van der Waals surface area contributed by atoms with Crippen molar-refractivity contribution in [1.82, 2.24) is 4.98 Å². The molecular formula is C13H15N3O4S2. The van der Waals surface area contributed by atoms with Crippen LogP contribution in [0.5, 0.6) is 0 Å². The first-order valence-corrected chi connectivity index (χ1v) is 9.26. The zero-order valence-corrected chi connectivity index (χ0v) is 13.5. The second-order valence-electron chi connectivity index (χ2n) is 4.66. The summed E-state index contributed by atoms with van der Waals surface area (Å²) in [5, 5.41) is 17.0. The number of anilines is 1. The number of nitrogens with one attached hydrogen (secondary N) is 1. The van der Waals surface area contributed by atoms with Crippen molar-refractivity contribution in [1.29, 1.82) is 0 Å². The molecule has 0 aliphatic heterocycles. The minimum atomic E-state index is -3.47. The van der Waals surface area contributed by atoms with E-state index in [1.165, 1.54) is 12.1 Å². The molecule has 0 aliphatic rings. The topological polar surface area (TPSA) is 102 Å². The van der Waals surface area contributed by atoms with Gasteiger partial charge < -0.3 is 5.32 Å². The Morgan fingerprint density at radius 1 is 1.41 bits per heavy atom. The average Bonchev–Trinajstić information content (AvgIpc) is 2.95. The maximum atomic E-state index is 11.5. The number of rotatable bonds is 7. The molecule has 118 valence electrons. The molecule has 0 saturated heterocycles. The van der Waals surface area contributed by atoms with Crippen molar-refractivity contribution in [2.45, 2.75) is 17.7 Å². The van der Waals surface area contributed by atoms with Gasteiger partial charge in [-0.05, 0) is 18.6 Å². The van der Waals surface area contributed by atoms with E-state index in [2.05, 4.69) is 10.3 Å². The lowest BCUT2D eigenvalue weighted by molar-refractivity contribution is -0.384. The molecule has 9 heteroatoms. The van der Waals surface area contributed by atoms with Crippen LogP contribution in [0.3, 0.4) is 0 Å². The zero-order chi connectivity index (χ0) is 16.2. The van der Waals surface area contributed by atoms with E-state index >= 15 is 0 Å². The van der Waals surface area contributed by atoms with E-state index in [-0.39, 0.29) is 10.6 Å². The lowest BCUT2D eigenvalue weighted by atomic mass is 10.2. The fourth-order valence-corrected chi connectivity index (χ4v) is 3.19. The number of aromatic nitrogens is 1. The Morgan fingerprint density at radius 3 is 2.77 bits per heavy atom. The van der Waals surface area contributed by atoms with Gasteiger partial charge >= 0.3 is 0 Å². The Morgan fingerprint density at radius 2 is 2.18 bits per heavy atom. The van der Waals surface area contributed by atoms with Crippen molar-refractivity contribution in [3.63, 3.8) is 0 Å². The van der Waals surface area contributed by atoms with E-state index in [4.69, 9.17) is 0 Å². The van der Waals surface area contributed by atoms with Crippen LogP contribution in [0.4, 0.5) is 11.4 Å². The predicted molar refractivity (Wildman–Crippen MR) is 85.1 cm³/mol. The van der Waals surface area contributed by atoms with Gasteiger partial charge in [-0.2, -0.15) is 0 Å². The summed E-state index contributed by atoms with van der Waals surface area (Å²) in [6.45, 7) is 0.540. The van der Waals surface area contributed by atoms with Gasteiger partial charge in [-0.1, -0.05) is 0 Å². The van der Waals surface area contributed by atoms with E-state index in [1.54, 1.807) is 17.5 Å². The molecule has 0 aliphatic carbocycles. The highest BCUT2D eigenvalue weighted by atomic mass is 32.2. The molecule has 0 fully saturated rings. The maximum absolute atomic E-state index is 11.5. The molecule has 7 nitrogen and oxygen atoms in total. The monoisotopic (exact) mass is 341 g/mol. The van der Waals surface area contributed by atoms with Crippen LogP contribution in [-0.2, 0) is 16.3 Å². The SMILES string of the molecule is CS(=O)(=O)c1ccc(NCCCc2nccs2)c([N+](=O)[O-])c1. The van der Waals surface area contributed by atoms with Crippen LogP contribution in [-0.4, -0.2) is 31.1 Å². The average molecular weight is 341 g/mol. The van der Waals surface area contributed by atoms with E-state index in [9.17, 15) is 18.5 Å². The predicted octanol–water partition coefficient (Wildman–Crippen LogP) is 2.50. The van der Waals surface area contributed by atoms with Crippen molar-refractivity contribution < 1.29 is 13.3 Å². The van der Waals surface area contributed by atoms with Gasteiger partial charge in [-0.25, -0.2) is 13.4 Å². The third-order valence-electron chi connectivity index (χ3n) is 2.96. The Balaban J connectivity index is 2.05. The van der Waals surface area contributed by atoms with E-state index in [0.29, 0.717) is 12.2 Å². The van der Waals surface area contributed by atoms with Crippen molar-refractivity contribution >= 4 is 32.5 Å². The minimum Gasteiger partial charge on any atom is -0.379 e. The smallest absolute Gasteiger partial charge is 0.293 e. The summed E-state index contributed by atoms with van der Waals surface area (Å²) in [5.74, 6) is 0. The molecule has 0 atom stereocenters. The minimum absolute atomic E-state index is 0.0625. The number of sulfone groups is 1. The summed E-state index contributed by atoms with van der Waals surface area (Å²) in [6.07, 6.45) is 4.33. The molecule has 0 bridgehead atoms. The van der Waals surface area contributed by atoms with Crippen molar-refractivity contribution in [3.05, 3.63) is 44.9 Å². The third kappa shape index (κ3) is 4.25. The van der Waals surface area contributed by atoms with Gasteiger partial charge in [0, 0.05) is 36.9 Å². The molecule has 1 heterocycles. The van der Waals surface area contributed by atoms with Gasteiger partial charge in [0.25, 0.3) is 5.69 Å². The summed E-state index contributed by atoms with van der Waals surface area (Å²) in [7, 11) is -3.47. The Kier molecular flexibility index (Phi) is 5.09. The van der Waals surface area contributed by atoms with Crippen LogP contribution in [0, 0.1) is 10.1 Å². The lowest BCUT2D eigenvalue weighted by Crippen LogP contribution is -2.07. The summed E-state index contributed by atoms with van der Waals surface area (Å²) >= 11 is 1.57. The first-order chi connectivity index (χ1) is 10.4. The van der Waals surface area contributed by atoms with Crippen molar-refractivity contribution in [3.8, 4) is 0 Å². The largest absolute Gasteiger partial charge is 0.379 e. The van der Waals surface area contributed by atoms with Crippen LogP contribution < -0.4 is 5.32 Å². The zero-order valence-electron chi connectivity index (χ0n) is 11.9. The molecular weight excluding hydrogens is 326 g/mol. The van der Waals surface area contributed by atoms with Gasteiger partial charge in [0.1, 0.15) is 5.69 Å². The fourth-order valence-electron chi connectivity index (χ4n) is 1.88. The van der Waals surface area contributed by atoms with E-state index in [0.717, 1.165) is 30.2 Å². The molecule has 2 rings (SSSR count). The standard InChI is InChI=1S/C13H15N3O4S2/c1-22(19,20)10-4-5-11(12(9-10)16(17)18)14-6-2-3-13-15-7-8-21-13/h4-5,7-9,14H,2-3,6H2,1H3. The lowest BCUT2D eigenvalue weighted by Gasteiger charge is -2.08. The van der Waals surface area contributed by atoms with Crippen molar-refractivity contribution in [2.24, 2.45) is 0 Å². The highest BCUT2D eigenvalue weighted by Crippen LogP contribution is 2.27. The second kappa shape index (κ2) is 6.84. The molecule has 2 aromatic rings. The molecule has 0 radical (unpaired) electrons. The van der Waals surface area contributed by atoms with Gasteiger partial charge in [-0.3, -0.25) is 10.1 Å². The Labute approximate surface area is 132 Å². The molecule has 0 amide bonds. The van der Waals surface area contributed by atoms with E-state index in [1.807, 2.05) is 5.38 Å². The summed E-state index contributed by atoms with van der Waals surface area (Å²) in [5.41, 5.74) is 0.0775.